The zero-order valence-corrected chi connectivity index (χ0v) is 8.59. The number of para-hydroxylation sites is 1. The normalized spacial score (nSPS) is 18.7. The number of aromatic amines is 1. The van der Waals surface area contributed by atoms with Gasteiger partial charge in [0.05, 0.1) is 11.0 Å². The van der Waals surface area contributed by atoms with E-state index >= 15 is 0 Å². The molecule has 1 aliphatic carbocycles. The minimum Gasteiger partial charge on any atom is -0.342 e. The Morgan fingerprint density at radius 1 is 1.36 bits per heavy atom. The van der Waals surface area contributed by atoms with E-state index < -0.39 is 0 Å². The highest BCUT2D eigenvalue weighted by Gasteiger charge is 2.41. The molecule has 3 rings (SSSR count). The van der Waals surface area contributed by atoms with Crippen LogP contribution in [0, 0.1) is 6.92 Å². The maximum atomic E-state index is 4.69. The summed E-state index contributed by atoms with van der Waals surface area (Å²) in [5.74, 6) is 1.17. The molecule has 0 amide bonds. The SMILES string of the molecule is Cc1cccc2[nH]c(C3(C)CC3)nc12. The van der Waals surface area contributed by atoms with E-state index in [1.807, 2.05) is 0 Å². The van der Waals surface area contributed by atoms with Gasteiger partial charge in [-0.3, -0.25) is 0 Å². The number of hydrogen-bond acceptors (Lipinski definition) is 1. The van der Waals surface area contributed by atoms with Crippen LogP contribution in [0.5, 0.6) is 0 Å². The van der Waals surface area contributed by atoms with Crippen LogP contribution in [0.4, 0.5) is 0 Å². The number of rotatable bonds is 1. The maximum Gasteiger partial charge on any atom is 0.113 e. The molecule has 2 aromatic rings. The molecule has 0 atom stereocenters. The van der Waals surface area contributed by atoms with Crippen molar-refractivity contribution in [1.82, 2.24) is 9.97 Å². The van der Waals surface area contributed by atoms with E-state index in [1.165, 1.54) is 29.7 Å². The van der Waals surface area contributed by atoms with E-state index in [0.717, 1.165) is 5.52 Å². The van der Waals surface area contributed by atoms with Crippen molar-refractivity contribution in [3.8, 4) is 0 Å². The Labute approximate surface area is 83.4 Å². The number of aromatic nitrogens is 2. The van der Waals surface area contributed by atoms with Gasteiger partial charge in [-0.2, -0.15) is 0 Å². The third kappa shape index (κ3) is 0.999. The quantitative estimate of drug-likeness (QED) is 0.728. The number of aryl methyl sites for hydroxylation is 1. The lowest BCUT2D eigenvalue weighted by Gasteiger charge is -2.00. The van der Waals surface area contributed by atoms with E-state index in [4.69, 9.17) is 4.98 Å². The monoisotopic (exact) mass is 186 g/mol. The Hall–Kier alpha value is -1.31. The zero-order chi connectivity index (χ0) is 9.76. The van der Waals surface area contributed by atoms with Gasteiger partial charge < -0.3 is 4.98 Å². The number of hydrogen-bond donors (Lipinski definition) is 1. The van der Waals surface area contributed by atoms with Gasteiger partial charge in [0.15, 0.2) is 0 Å². The Morgan fingerprint density at radius 2 is 2.14 bits per heavy atom. The highest BCUT2D eigenvalue weighted by Crippen LogP contribution is 2.46. The summed E-state index contributed by atoms with van der Waals surface area (Å²) in [6.45, 7) is 4.39. The summed E-state index contributed by atoms with van der Waals surface area (Å²) in [5, 5.41) is 0. The fraction of sp³-hybridized carbons (Fsp3) is 0.417. The van der Waals surface area contributed by atoms with Gasteiger partial charge >= 0.3 is 0 Å². The van der Waals surface area contributed by atoms with Gasteiger partial charge in [-0.1, -0.05) is 19.1 Å². The van der Waals surface area contributed by atoms with Crippen molar-refractivity contribution in [3.63, 3.8) is 0 Å². The Kier molecular flexibility index (Phi) is 1.37. The zero-order valence-electron chi connectivity index (χ0n) is 8.59. The average molecular weight is 186 g/mol. The molecule has 1 heterocycles. The number of benzene rings is 1. The second kappa shape index (κ2) is 2.38. The van der Waals surface area contributed by atoms with E-state index in [9.17, 15) is 0 Å². The maximum absolute atomic E-state index is 4.69. The van der Waals surface area contributed by atoms with Gasteiger partial charge in [0.1, 0.15) is 5.82 Å². The van der Waals surface area contributed by atoms with Gasteiger partial charge in [-0.15, -0.1) is 0 Å². The van der Waals surface area contributed by atoms with Gasteiger partial charge in [0.25, 0.3) is 0 Å². The van der Waals surface area contributed by atoms with E-state index in [1.54, 1.807) is 0 Å². The molecule has 14 heavy (non-hydrogen) atoms. The Bertz CT molecular complexity index is 492. The minimum atomic E-state index is 0.339. The summed E-state index contributed by atoms with van der Waals surface area (Å²) in [7, 11) is 0. The predicted molar refractivity (Wildman–Crippen MR) is 57.4 cm³/mol. The molecule has 2 heteroatoms. The van der Waals surface area contributed by atoms with Gasteiger partial charge in [-0.25, -0.2) is 4.98 Å². The number of imidazole rings is 1. The van der Waals surface area contributed by atoms with Crippen LogP contribution < -0.4 is 0 Å². The molecular weight excluding hydrogens is 172 g/mol. The average Bonchev–Trinajstić information content (AvgIpc) is 2.77. The number of fused-ring (bicyclic) bond motifs is 1. The van der Waals surface area contributed by atoms with Crippen LogP contribution in [-0.2, 0) is 5.41 Å². The third-order valence-corrected chi connectivity index (χ3v) is 3.29. The first-order valence-corrected chi connectivity index (χ1v) is 5.15. The predicted octanol–water partition coefficient (Wildman–Crippen LogP) is 2.92. The van der Waals surface area contributed by atoms with Crippen molar-refractivity contribution in [2.45, 2.75) is 32.1 Å². The van der Waals surface area contributed by atoms with Crippen molar-refractivity contribution >= 4 is 11.0 Å². The summed E-state index contributed by atoms with van der Waals surface area (Å²) < 4.78 is 0. The van der Waals surface area contributed by atoms with E-state index in [0.29, 0.717) is 5.41 Å². The number of nitrogens with one attached hydrogen (secondary N) is 1. The van der Waals surface area contributed by atoms with Gasteiger partial charge in [-0.05, 0) is 31.4 Å². The largest absolute Gasteiger partial charge is 0.342 e. The lowest BCUT2D eigenvalue weighted by molar-refractivity contribution is 0.728. The van der Waals surface area contributed by atoms with Crippen molar-refractivity contribution < 1.29 is 0 Å². The van der Waals surface area contributed by atoms with E-state index in [2.05, 4.69) is 37.0 Å². The molecule has 1 N–H and O–H groups in total. The van der Waals surface area contributed by atoms with Crippen molar-refractivity contribution in [2.24, 2.45) is 0 Å². The summed E-state index contributed by atoms with van der Waals surface area (Å²) >= 11 is 0. The molecule has 0 bridgehead atoms. The molecule has 72 valence electrons. The van der Waals surface area contributed by atoms with Gasteiger partial charge in [0, 0.05) is 5.41 Å². The standard InChI is InChI=1S/C12H14N2/c1-8-4-3-5-9-10(8)14-11(13-9)12(2)6-7-12/h3-5H,6-7H2,1-2H3,(H,13,14). The molecule has 0 spiro atoms. The fourth-order valence-corrected chi connectivity index (χ4v) is 1.89. The number of H-pyrrole nitrogens is 1. The van der Waals surface area contributed by atoms with Crippen LogP contribution in [0.15, 0.2) is 18.2 Å². The molecule has 1 aromatic carbocycles. The highest BCUT2D eigenvalue weighted by molar-refractivity contribution is 5.78. The second-order valence-electron chi connectivity index (χ2n) is 4.62. The smallest absolute Gasteiger partial charge is 0.113 e. The molecule has 0 unspecified atom stereocenters. The molecule has 1 fully saturated rings. The van der Waals surface area contributed by atoms with Crippen molar-refractivity contribution in [3.05, 3.63) is 29.6 Å². The molecular formula is C12H14N2. The van der Waals surface area contributed by atoms with Crippen LogP contribution >= 0.6 is 0 Å². The lowest BCUT2D eigenvalue weighted by atomic mass is 10.1. The first-order chi connectivity index (χ1) is 6.69. The summed E-state index contributed by atoms with van der Waals surface area (Å²) in [6.07, 6.45) is 2.54. The van der Waals surface area contributed by atoms with Crippen LogP contribution in [0.25, 0.3) is 11.0 Å². The molecule has 1 aliphatic rings. The highest BCUT2D eigenvalue weighted by atomic mass is 15.0. The van der Waals surface area contributed by atoms with Gasteiger partial charge in [0.2, 0.25) is 0 Å². The first kappa shape index (κ1) is 8.04. The van der Waals surface area contributed by atoms with Crippen molar-refractivity contribution in [1.29, 1.82) is 0 Å². The van der Waals surface area contributed by atoms with Crippen LogP contribution in [0.1, 0.15) is 31.2 Å². The van der Waals surface area contributed by atoms with Crippen LogP contribution in [0.2, 0.25) is 0 Å². The van der Waals surface area contributed by atoms with Crippen LogP contribution in [-0.4, -0.2) is 9.97 Å². The molecule has 0 saturated heterocycles. The lowest BCUT2D eigenvalue weighted by Crippen LogP contribution is -2.01. The molecule has 0 radical (unpaired) electrons. The fourth-order valence-electron chi connectivity index (χ4n) is 1.89. The molecule has 2 nitrogen and oxygen atoms in total. The summed E-state index contributed by atoms with van der Waals surface area (Å²) in [5.41, 5.74) is 3.91. The topological polar surface area (TPSA) is 28.7 Å². The number of nitrogens with zero attached hydrogens (tertiary/aromatic N) is 1. The Morgan fingerprint density at radius 3 is 2.79 bits per heavy atom. The molecule has 1 saturated carbocycles. The molecule has 1 aromatic heterocycles. The first-order valence-electron chi connectivity index (χ1n) is 5.15. The minimum absolute atomic E-state index is 0.339. The Balaban J connectivity index is 2.25. The molecule has 0 aliphatic heterocycles. The van der Waals surface area contributed by atoms with Crippen molar-refractivity contribution in [2.75, 3.05) is 0 Å². The second-order valence-corrected chi connectivity index (χ2v) is 4.62. The van der Waals surface area contributed by atoms with E-state index in [-0.39, 0.29) is 0 Å². The van der Waals surface area contributed by atoms with Crippen LogP contribution in [0.3, 0.4) is 0 Å². The summed E-state index contributed by atoms with van der Waals surface area (Å²) in [6, 6.07) is 6.29. The third-order valence-electron chi connectivity index (χ3n) is 3.29. The summed E-state index contributed by atoms with van der Waals surface area (Å²) in [4.78, 5) is 8.12.